The summed E-state index contributed by atoms with van der Waals surface area (Å²) in [5, 5.41) is 0. The second-order valence-corrected chi connectivity index (χ2v) is 9.61. The minimum Gasteiger partial charge on any atom is -0.493 e. The van der Waals surface area contributed by atoms with E-state index in [1.165, 1.54) is 16.7 Å². The Balaban J connectivity index is 1.19. The van der Waals surface area contributed by atoms with Crippen LogP contribution in [0.4, 0.5) is 0 Å². The third-order valence-corrected chi connectivity index (χ3v) is 7.17. The molecule has 2 heterocycles. The fraction of sp³-hybridized carbons (Fsp3) is 0.367. The molecule has 5 rings (SSSR count). The minimum absolute atomic E-state index is 0.0735. The molecule has 0 N–H and O–H groups in total. The number of nitrogens with zero attached hydrogens (tertiary/aromatic N) is 2. The SMILES string of the molecule is COc1cc(CN2CCC[C@H](C(=O)N3CCc4ccccc4C3)C2)ccc1OCc1ccccc1. The van der Waals surface area contributed by atoms with E-state index in [1.807, 2.05) is 24.3 Å². The quantitative estimate of drug-likeness (QED) is 0.483. The van der Waals surface area contributed by atoms with Crippen LogP contribution in [-0.4, -0.2) is 42.5 Å². The highest BCUT2D eigenvalue weighted by Gasteiger charge is 2.31. The van der Waals surface area contributed by atoms with Gasteiger partial charge in [0.25, 0.3) is 0 Å². The number of carbonyl (C=O) groups excluding carboxylic acids is 1. The summed E-state index contributed by atoms with van der Waals surface area (Å²) < 4.78 is 11.6. The van der Waals surface area contributed by atoms with E-state index in [9.17, 15) is 4.79 Å². The lowest BCUT2D eigenvalue weighted by molar-refractivity contribution is -0.138. The zero-order valence-electron chi connectivity index (χ0n) is 20.5. The topological polar surface area (TPSA) is 42.0 Å². The van der Waals surface area contributed by atoms with Gasteiger partial charge in [0, 0.05) is 26.2 Å². The maximum atomic E-state index is 13.4. The molecule has 0 unspecified atom stereocenters. The van der Waals surface area contributed by atoms with Crippen molar-refractivity contribution >= 4 is 5.91 Å². The van der Waals surface area contributed by atoms with Gasteiger partial charge in [-0.05, 0) is 60.2 Å². The standard InChI is InChI=1S/C30H34N2O3/c1-34-29-18-24(13-14-28(29)35-22-23-8-3-2-4-9-23)19-31-16-7-12-27(20-31)30(33)32-17-15-25-10-5-6-11-26(25)21-32/h2-6,8-11,13-14,18,27H,7,12,15-17,19-22H2,1H3/t27-/m0/s1. The maximum absolute atomic E-state index is 13.4. The van der Waals surface area contributed by atoms with Crippen molar-refractivity contribution in [3.63, 3.8) is 0 Å². The lowest BCUT2D eigenvalue weighted by Gasteiger charge is -2.36. The molecule has 5 nitrogen and oxygen atoms in total. The first-order valence-electron chi connectivity index (χ1n) is 12.6. The predicted molar refractivity (Wildman–Crippen MR) is 137 cm³/mol. The van der Waals surface area contributed by atoms with E-state index < -0.39 is 0 Å². The number of fused-ring (bicyclic) bond motifs is 1. The van der Waals surface area contributed by atoms with Gasteiger partial charge in [-0.1, -0.05) is 60.7 Å². The molecule has 35 heavy (non-hydrogen) atoms. The van der Waals surface area contributed by atoms with Gasteiger partial charge in [-0.15, -0.1) is 0 Å². The Hall–Kier alpha value is -3.31. The van der Waals surface area contributed by atoms with Crippen LogP contribution in [0.15, 0.2) is 72.8 Å². The fourth-order valence-electron chi connectivity index (χ4n) is 5.27. The normalized spacial score (nSPS) is 18.1. The van der Waals surface area contributed by atoms with Crippen LogP contribution in [0, 0.1) is 5.92 Å². The molecule has 1 atom stereocenters. The van der Waals surface area contributed by atoms with Crippen LogP contribution >= 0.6 is 0 Å². The van der Waals surface area contributed by atoms with Gasteiger partial charge in [0.1, 0.15) is 6.61 Å². The fourth-order valence-corrected chi connectivity index (χ4v) is 5.27. The number of amides is 1. The molecule has 0 saturated carbocycles. The lowest BCUT2D eigenvalue weighted by atomic mass is 9.93. The molecule has 0 spiro atoms. The van der Waals surface area contributed by atoms with Gasteiger partial charge in [-0.3, -0.25) is 9.69 Å². The minimum atomic E-state index is 0.0735. The number of piperidine rings is 1. The summed E-state index contributed by atoms with van der Waals surface area (Å²) in [6.07, 6.45) is 2.98. The van der Waals surface area contributed by atoms with Crippen molar-refractivity contribution in [1.29, 1.82) is 0 Å². The second-order valence-electron chi connectivity index (χ2n) is 9.61. The summed E-state index contributed by atoms with van der Waals surface area (Å²) >= 11 is 0. The molecule has 3 aromatic rings. The third kappa shape index (κ3) is 5.68. The predicted octanol–water partition coefficient (Wildman–Crippen LogP) is 5.07. The van der Waals surface area contributed by atoms with Crippen LogP contribution < -0.4 is 9.47 Å². The van der Waals surface area contributed by atoms with Crippen molar-refractivity contribution < 1.29 is 14.3 Å². The first-order chi connectivity index (χ1) is 17.2. The number of likely N-dealkylation sites (tertiary alicyclic amines) is 1. The highest BCUT2D eigenvalue weighted by Crippen LogP contribution is 2.30. The van der Waals surface area contributed by atoms with E-state index >= 15 is 0 Å². The van der Waals surface area contributed by atoms with E-state index in [1.54, 1.807) is 7.11 Å². The Morgan fingerprint density at radius 3 is 2.54 bits per heavy atom. The van der Waals surface area contributed by atoms with Crippen molar-refractivity contribution in [2.75, 3.05) is 26.7 Å². The number of carbonyl (C=O) groups is 1. The van der Waals surface area contributed by atoms with Crippen molar-refractivity contribution in [2.45, 2.75) is 39.0 Å². The van der Waals surface area contributed by atoms with Crippen LogP contribution in [0.3, 0.4) is 0 Å². The zero-order chi connectivity index (χ0) is 24.0. The largest absolute Gasteiger partial charge is 0.493 e. The average Bonchev–Trinajstić information content (AvgIpc) is 2.92. The summed E-state index contributed by atoms with van der Waals surface area (Å²) in [7, 11) is 1.68. The number of ether oxygens (including phenoxy) is 2. The monoisotopic (exact) mass is 470 g/mol. The Morgan fingerprint density at radius 1 is 0.914 bits per heavy atom. The van der Waals surface area contributed by atoms with Crippen LogP contribution in [-0.2, 0) is 30.9 Å². The Bertz CT molecular complexity index is 1150. The zero-order valence-corrected chi connectivity index (χ0v) is 20.5. The van der Waals surface area contributed by atoms with E-state index in [0.29, 0.717) is 12.5 Å². The first kappa shape index (κ1) is 23.4. The molecule has 1 saturated heterocycles. The maximum Gasteiger partial charge on any atom is 0.227 e. The van der Waals surface area contributed by atoms with Gasteiger partial charge in [-0.2, -0.15) is 0 Å². The second kappa shape index (κ2) is 11.0. The molecule has 1 fully saturated rings. The number of benzene rings is 3. The molecular formula is C30H34N2O3. The van der Waals surface area contributed by atoms with Gasteiger partial charge in [0.15, 0.2) is 11.5 Å². The highest BCUT2D eigenvalue weighted by atomic mass is 16.5. The molecule has 0 radical (unpaired) electrons. The number of rotatable bonds is 7. The number of hydrogen-bond acceptors (Lipinski definition) is 4. The summed E-state index contributed by atoms with van der Waals surface area (Å²) in [5.74, 6) is 1.88. The number of hydrogen-bond donors (Lipinski definition) is 0. The van der Waals surface area contributed by atoms with Crippen molar-refractivity contribution in [2.24, 2.45) is 5.92 Å². The highest BCUT2D eigenvalue weighted by molar-refractivity contribution is 5.79. The Morgan fingerprint density at radius 2 is 1.71 bits per heavy atom. The lowest BCUT2D eigenvalue weighted by Crippen LogP contribution is -2.46. The van der Waals surface area contributed by atoms with E-state index in [-0.39, 0.29) is 5.92 Å². The smallest absolute Gasteiger partial charge is 0.227 e. The van der Waals surface area contributed by atoms with Crippen molar-refractivity contribution in [3.8, 4) is 11.5 Å². The number of methoxy groups -OCH3 is 1. The molecular weight excluding hydrogens is 436 g/mol. The first-order valence-corrected chi connectivity index (χ1v) is 12.6. The van der Waals surface area contributed by atoms with Crippen LogP contribution in [0.2, 0.25) is 0 Å². The molecule has 1 amide bonds. The van der Waals surface area contributed by atoms with E-state index in [2.05, 4.69) is 58.3 Å². The summed E-state index contributed by atoms with van der Waals surface area (Å²) in [4.78, 5) is 17.8. The molecule has 0 aliphatic carbocycles. The van der Waals surface area contributed by atoms with Crippen LogP contribution in [0.1, 0.15) is 35.1 Å². The van der Waals surface area contributed by atoms with Gasteiger partial charge >= 0.3 is 0 Å². The van der Waals surface area contributed by atoms with Crippen molar-refractivity contribution in [3.05, 3.63) is 95.1 Å². The molecule has 0 aromatic heterocycles. The van der Waals surface area contributed by atoms with Crippen LogP contribution in [0.5, 0.6) is 11.5 Å². The summed E-state index contributed by atoms with van der Waals surface area (Å²) in [5.41, 5.74) is 4.97. The Kier molecular flexibility index (Phi) is 7.34. The van der Waals surface area contributed by atoms with Crippen molar-refractivity contribution in [1.82, 2.24) is 9.80 Å². The van der Waals surface area contributed by atoms with E-state index in [4.69, 9.17) is 9.47 Å². The molecule has 0 bridgehead atoms. The summed E-state index contributed by atoms with van der Waals surface area (Å²) in [6, 6.07) is 24.8. The molecule has 3 aromatic carbocycles. The molecule has 182 valence electrons. The van der Waals surface area contributed by atoms with E-state index in [0.717, 1.165) is 69.0 Å². The van der Waals surface area contributed by atoms with Gasteiger partial charge in [0.05, 0.1) is 13.0 Å². The van der Waals surface area contributed by atoms with Gasteiger partial charge in [0.2, 0.25) is 5.91 Å². The van der Waals surface area contributed by atoms with Gasteiger partial charge in [-0.25, -0.2) is 0 Å². The molecule has 5 heteroatoms. The molecule has 2 aliphatic heterocycles. The average molecular weight is 471 g/mol. The Labute approximate surface area is 208 Å². The molecule has 2 aliphatic rings. The van der Waals surface area contributed by atoms with Gasteiger partial charge < -0.3 is 14.4 Å². The van der Waals surface area contributed by atoms with Crippen LogP contribution in [0.25, 0.3) is 0 Å². The third-order valence-electron chi connectivity index (χ3n) is 7.17. The summed E-state index contributed by atoms with van der Waals surface area (Å²) in [6.45, 7) is 4.71.